The summed E-state index contributed by atoms with van der Waals surface area (Å²) in [6, 6.07) is 54.7. The summed E-state index contributed by atoms with van der Waals surface area (Å²) in [5.41, 5.74) is 26.6. The minimum atomic E-state index is -0.397. The third kappa shape index (κ3) is 10.9. The molecule has 0 aliphatic carbocycles. The van der Waals surface area contributed by atoms with E-state index in [0.29, 0.717) is 25.0 Å². The van der Waals surface area contributed by atoms with E-state index >= 15 is 0 Å². The van der Waals surface area contributed by atoms with E-state index in [0.717, 1.165) is 69.0 Å². The van der Waals surface area contributed by atoms with Crippen LogP contribution in [0.2, 0.25) is 0 Å². The second-order valence-electron chi connectivity index (χ2n) is 17.4. The van der Waals surface area contributed by atoms with E-state index in [4.69, 9.17) is 18.9 Å². The summed E-state index contributed by atoms with van der Waals surface area (Å²) in [5, 5.41) is 0. The third-order valence-electron chi connectivity index (χ3n) is 12.1. The highest BCUT2D eigenvalue weighted by molar-refractivity contribution is 5.60. The van der Waals surface area contributed by atoms with E-state index in [1.165, 1.54) is 22.3 Å². The van der Waals surface area contributed by atoms with Gasteiger partial charge in [0.05, 0.1) is 5.69 Å². The number of aryl methyl sites for hydroxylation is 2. The molecule has 2 aliphatic rings. The van der Waals surface area contributed by atoms with E-state index < -0.39 is 12.5 Å². The van der Waals surface area contributed by atoms with Crippen molar-refractivity contribution < 1.29 is 18.9 Å². The van der Waals surface area contributed by atoms with Gasteiger partial charge in [-0.05, 0) is 114 Å². The molecule has 6 unspecified atom stereocenters. The van der Waals surface area contributed by atoms with Crippen LogP contribution in [0, 0.1) is 19.8 Å². The number of ether oxygens (including phenoxy) is 4. The Labute approximate surface area is 377 Å². The number of pyridine rings is 1. The summed E-state index contributed by atoms with van der Waals surface area (Å²) in [7, 11) is 0. The Balaban J connectivity index is 0.793. The molecule has 6 aromatic carbocycles. The Morgan fingerprint density at radius 1 is 0.516 bits per heavy atom. The minimum Gasteiger partial charge on any atom is -0.489 e. The van der Waals surface area contributed by atoms with Crippen LogP contribution in [0.25, 0.3) is 11.3 Å². The van der Waals surface area contributed by atoms with Crippen LogP contribution in [-0.4, -0.2) is 4.98 Å². The lowest BCUT2D eigenvalue weighted by Crippen LogP contribution is -2.27. The molecule has 3 heterocycles. The molecule has 2 saturated heterocycles. The average Bonchev–Trinajstić information content (AvgIpc) is 4.04. The normalized spacial score (nSPS) is 19.3. The highest BCUT2D eigenvalue weighted by Crippen LogP contribution is 2.35. The van der Waals surface area contributed by atoms with E-state index in [1.807, 2.05) is 54.7 Å². The first-order valence-corrected chi connectivity index (χ1v) is 22.3. The molecule has 326 valence electrons. The van der Waals surface area contributed by atoms with Crippen molar-refractivity contribution in [1.82, 2.24) is 26.7 Å². The number of nitrogens with one attached hydrogen (secondary N) is 4. The van der Waals surface area contributed by atoms with Crippen molar-refractivity contribution in [2.45, 2.75) is 84.6 Å². The summed E-state index contributed by atoms with van der Waals surface area (Å²) in [5.74, 6) is 2.53. The van der Waals surface area contributed by atoms with Crippen molar-refractivity contribution in [2.75, 3.05) is 0 Å². The summed E-state index contributed by atoms with van der Waals surface area (Å²) in [4.78, 5) is 4.47. The number of hydrogen-bond donors (Lipinski definition) is 4. The van der Waals surface area contributed by atoms with Gasteiger partial charge in [0.2, 0.25) is 0 Å². The van der Waals surface area contributed by atoms with Gasteiger partial charge in [-0.2, -0.15) is 0 Å². The van der Waals surface area contributed by atoms with Crippen LogP contribution in [-0.2, 0) is 29.1 Å². The SMILES string of the molecule is Cc1ccc(C2NNC(c3cc(OCc4ccc(CC(C)CC(C)c5ccc(COc6cccc(-c7ccccn7)c6)cc5)cc4)cc(C4NNC(c5ccc(C)cc5)O4)c3)O2)cc1. The molecule has 9 heteroatoms. The van der Waals surface area contributed by atoms with E-state index in [2.05, 4.69) is 164 Å². The molecule has 9 nitrogen and oxygen atoms in total. The van der Waals surface area contributed by atoms with Gasteiger partial charge in [-0.3, -0.25) is 4.98 Å². The van der Waals surface area contributed by atoms with E-state index in [9.17, 15) is 0 Å². The molecule has 64 heavy (non-hydrogen) atoms. The lowest BCUT2D eigenvalue weighted by atomic mass is 9.87. The number of aromatic nitrogens is 1. The zero-order chi connectivity index (χ0) is 43.8. The predicted octanol–water partition coefficient (Wildman–Crippen LogP) is 11.5. The molecule has 0 amide bonds. The molecule has 2 fully saturated rings. The van der Waals surface area contributed by atoms with Gasteiger partial charge in [0.15, 0.2) is 0 Å². The van der Waals surface area contributed by atoms with Crippen LogP contribution >= 0.6 is 0 Å². The van der Waals surface area contributed by atoms with Gasteiger partial charge >= 0.3 is 0 Å². The highest BCUT2D eigenvalue weighted by Gasteiger charge is 2.31. The topological polar surface area (TPSA) is 97.9 Å². The lowest BCUT2D eigenvalue weighted by Gasteiger charge is -2.19. The van der Waals surface area contributed by atoms with Crippen LogP contribution in [0.3, 0.4) is 0 Å². The first kappa shape index (κ1) is 43.1. The van der Waals surface area contributed by atoms with Gasteiger partial charge in [0, 0.05) is 22.9 Å². The lowest BCUT2D eigenvalue weighted by molar-refractivity contribution is 0.0302. The number of rotatable bonds is 16. The maximum atomic E-state index is 6.51. The molecule has 9 rings (SSSR count). The Kier molecular flexibility index (Phi) is 13.5. The molecule has 2 aliphatic heterocycles. The number of hydrazine groups is 2. The standard InChI is InChI=1S/C55H57N5O4/c1-36-11-21-44(22-12-36)52-57-59-54(63-52)47-30-48(55-60-58-53(64-55)45-23-13-37(2)14-24-45)33-50(32-47)62-35-41-17-15-40(16-18-41)29-38(3)28-39(4)43-25-19-42(20-26-43)34-61-49-9-7-8-46(31-49)51-10-5-6-27-56-51/h5-27,30-33,38-39,52-55,57-60H,28-29,34-35H2,1-4H3. The largest absolute Gasteiger partial charge is 0.489 e. The Morgan fingerprint density at radius 3 is 1.61 bits per heavy atom. The molecule has 7 aromatic rings. The van der Waals surface area contributed by atoms with Crippen molar-refractivity contribution in [3.63, 3.8) is 0 Å². The van der Waals surface area contributed by atoms with Gasteiger partial charge in [-0.15, -0.1) is 0 Å². The average molecular weight is 852 g/mol. The van der Waals surface area contributed by atoms with Gasteiger partial charge < -0.3 is 18.9 Å². The predicted molar refractivity (Wildman–Crippen MR) is 252 cm³/mol. The summed E-state index contributed by atoms with van der Waals surface area (Å²) < 4.78 is 25.6. The number of benzene rings is 6. The van der Waals surface area contributed by atoms with Crippen LogP contribution in [0.5, 0.6) is 11.5 Å². The summed E-state index contributed by atoms with van der Waals surface area (Å²) in [6.07, 6.45) is 2.55. The fourth-order valence-electron chi connectivity index (χ4n) is 8.42. The van der Waals surface area contributed by atoms with Crippen molar-refractivity contribution in [3.8, 4) is 22.8 Å². The van der Waals surface area contributed by atoms with Gasteiger partial charge in [0.1, 0.15) is 49.6 Å². The Bertz CT molecular complexity index is 2510. The van der Waals surface area contributed by atoms with Crippen molar-refractivity contribution in [1.29, 1.82) is 0 Å². The summed E-state index contributed by atoms with van der Waals surface area (Å²) in [6.45, 7) is 9.80. The minimum absolute atomic E-state index is 0.289. The van der Waals surface area contributed by atoms with Crippen LogP contribution in [0.15, 0.2) is 164 Å². The maximum absolute atomic E-state index is 6.51. The molecule has 1 aromatic heterocycles. The first-order chi connectivity index (χ1) is 31.3. The number of nitrogens with zero attached hydrogens (tertiary/aromatic N) is 1. The fourth-order valence-corrected chi connectivity index (χ4v) is 8.42. The molecule has 0 radical (unpaired) electrons. The molecular formula is C55H57N5O4. The molecule has 0 spiro atoms. The highest BCUT2D eigenvalue weighted by atomic mass is 16.6. The zero-order valence-electron chi connectivity index (χ0n) is 37.0. The molecule has 4 N–H and O–H groups in total. The van der Waals surface area contributed by atoms with Crippen molar-refractivity contribution in [3.05, 3.63) is 220 Å². The fraction of sp³-hybridized carbons (Fsp3) is 0.255. The Morgan fingerprint density at radius 2 is 1.05 bits per heavy atom. The summed E-state index contributed by atoms with van der Waals surface area (Å²) >= 11 is 0. The first-order valence-electron chi connectivity index (χ1n) is 22.3. The van der Waals surface area contributed by atoms with Crippen molar-refractivity contribution in [2.24, 2.45) is 5.92 Å². The molecule has 6 atom stereocenters. The zero-order valence-corrected chi connectivity index (χ0v) is 37.0. The monoisotopic (exact) mass is 851 g/mol. The number of hydrogen-bond acceptors (Lipinski definition) is 9. The smallest absolute Gasteiger partial charge is 0.149 e. The second-order valence-corrected chi connectivity index (χ2v) is 17.4. The quantitative estimate of drug-likeness (QED) is 0.0758. The van der Waals surface area contributed by atoms with E-state index in [1.54, 1.807) is 0 Å². The van der Waals surface area contributed by atoms with Gasteiger partial charge in [-0.1, -0.05) is 140 Å². The third-order valence-corrected chi connectivity index (χ3v) is 12.1. The van der Waals surface area contributed by atoms with Crippen LogP contribution < -0.4 is 31.2 Å². The molecule has 0 bridgehead atoms. The Hall–Kier alpha value is -6.17. The van der Waals surface area contributed by atoms with E-state index in [-0.39, 0.29) is 12.5 Å². The van der Waals surface area contributed by atoms with Crippen molar-refractivity contribution >= 4 is 0 Å². The van der Waals surface area contributed by atoms with Gasteiger partial charge in [0.25, 0.3) is 0 Å². The van der Waals surface area contributed by atoms with Crippen LogP contribution in [0.4, 0.5) is 0 Å². The maximum Gasteiger partial charge on any atom is 0.149 e. The molecular weight excluding hydrogens is 795 g/mol. The second kappa shape index (κ2) is 20.1. The van der Waals surface area contributed by atoms with Crippen LogP contribution in [0.1, 0.15) is 107 Å². The van der Waals surface area contributed by atoms with Gasteiger partial charge in [-0.25, -0.2) is 21.7 Å². The molecule has 0 saturated carbocycles.